The van der Waals surface area contributed by atoms with Gasteiger partial charge in [0.05, 0.1) is 0 Å². The molecule has 2 heteroatoms. The number of aromatic nitrogens is 1. The summed E-state index contributed by atoms with van der Waals surface area (Å²) in [6.45, 7) is 10.2. The van der Waals surface area contributed by atoms with Gasteiger partial charge in [-0.15, -0.1) is 0 Å². The number of nitrogens with zero attached hydrogens (tertiary/aromatic N) is 1. The molecule has 0 aliphatic heterocycles. The first-order chi connectivity index (χ1) is 9.60. The molecular formula is C18H26N2. The molecule has 0 fully saturated rings. The largest absolute Gasteiger partial charge is 0.309 e. The van der Waals surface area contributed by atoms with Crippen LogP contribution in [0, 0.1) is 5.41 Å². The molecule has 0 bridgehead atoms. The smallest absolute Gasteiger partial charge is 0.0378 e. The minimum absolute atomic E-state index is 0.222. The molecule has 1 N–H and O–H groups in total. The molecule has 0 saturated heterocycles. The van der Waals surface area contributed by atoms with Gasteiger partial charge in [-0.2, -0.15) is 0 Å². The van der Waals surface area contributed by atoms with Crippen molar-refractivity contribution in [3.8, 4) is 0 Å². The van der Waals surface area contributed by atoms with E-state index < -0.39 is 0 Å². The summed E-state index contributed by atoms with van der Waals surface area (Å²) in [6, 6.07) is 9.02. The molecule has 0 radical (unpaired) electrons. The SMILES string of the molecule is CCCNC(c1cccc2ccncc12)C(C)(C)CC. The van der Waals surface area contributed by atoms with Crippen LogP contribution in [0.25, 0.3) is 10.8 Å². The molecule has 0 aliphatic carbocycles. The van der Waals surface area contributed by atoms with Crippen LogP contribution in [0.5, 0.6) is 0 Å². The van der Waals surface area contributed by atoms with Crippen molar-refractivity contribution in [2.75, 3.05) is 6.54 Å². The Morgan fingerprint density at radius 1 is 1.20 bits per heavy atom. The van der Waals surface area contributed by atoms with Crippen LogP contribution in [0.4, 0.5) is 0 Å². The van der Waals surface area contributed by atoms with Crippen LogP contribution in [0.2, 0.25) is 0 Å². The van der Waals surface area contributed by atoms with Crippen molar-refractivity contribution < 1.29 is 0 Å². The zero-order valence-electron chi connectivity index (χ0n) is 13.1. The number of rotatable bonds is 6. The molecule has 2 rings (SSSR count). The number of hydrogen-bond donors (Lipinski definition) is 1. The van der Waals surface area contributed by atoms with Gasteiger partial charge in [0.15, 0.2) is 0 Å². The molecule has 2 nitrogen and oxygen atoms in total. The lowest BCUT2D eigenvalue weighted by atomic mass is 9.77. The minimum atomic E-state index is 0.222. The van der Waals surface area contributed by atoms with Gasteiger partial charge < -0.3 is 5.32 Å². The van der Waals surface area contributed by atoms with Crippen LogP contribution in [0.1, 0.15) is 52.1 Å². The summed E-state index contributed by atoms with van der Waals surface area (Å²) >= 11 is 0. The number of pyridine rings is 1. The maximum atomic E-state index is 4.32. The van der Waals surface area contributed by atoms with Crippen LogP contribution in [-0.2, 0) is 0 Å². The second-order valence-electron chi connectivity index (χ2n) is 6.17. The Morgan fingerprint density at radius 2 is 2.00 bits per heavy atom. The van der Waals surface area contributed by atoms with Crippen LogP contribution in [0.15, 0.2) is 36.7 Å². The maximum absolute atomic E-state index is 4.32. The van der Waals surface area contributed by atoms with Gasteiger partial charge in [0.1, 0.15) is 0 Å². The van der Waals surface area contributed by atoms with Crippen molar-refractivity contribution in [2.45, 2.75) is 46.6 Å². The predicted molar refractivity (Wildman–Crippen MR) is 86.8 cm³/mol. The topological polar surface area (TPSA) is 24.9 Å². The predicted octanol–water partition coefficient (Wildman–Crippen LogP) is 4.71. The first-order valence-corrected chi connectivity index (χ1v) is 7.66. The zero-order valence-corrected chi connectivity index (χ0v) is 13.1. The first kappa shape index (κ1) is 15.0. The van der Waals surface area contributed by atoms with E-state index in [1.807, 2.05) is 12.4 Å². The Hall–Kier alpha value is -1.41. The van der Waals surface area contributed by atoms with Gasteiger partial charge >= 0.3 is 0 Å². The Bertz CT molecular complexity index is 555. The maximum Gasteiger partial charge on any atom is 0.0378 e. The van der Waals surface area contributed by atoms with E-state index in [1.54, 1.807) is 0 Å². The lowest BCUT2D eigenvalue weighted by Crippen LogP contribution is -2.34. The van der Waals surface area contributed by atoms with Crippen molar-refractivity contribution in [3.63, 3.8) is 0 Å². The van der Waals surface area contributed by atoms with Crippen molar-refractivity contribution in [3.05, 3.63) is 42.2 Å². The molecule has 108 valence electrons. The summed E-state index contributed by atoms with van der Waals surface area (Å²) in [5.74, 6) is 0. The van der Waals surface area contributed by atoms with Crippen LogP contribution in [0.3, 0.4) is 0 Å². The highest BCUT2D eigenvalue weighted by Crippen LogP contribution is 2.38. The monoisotopic (exact) mass is 270 g/mol. The Labute approximate surface area is 122 Å². The summed E-state index contributed by atoms with van der Waals surface area (Å²) in [5, 5.41) is 6.28. The molecular weight excluding hydrogens is 244 g/mol. The molecule has 0 spiro atoms. The van der Waals surface area contributed by atoms with E-state index in [0.29, 0.717) is 6.04 Å². The number of fused-ring (bicyclic) bond motifs is 1. The summed E-state index contributed by atoms with van der Waals surface area (Å²) in [5.41, 5.74) is 1.59. The lowest BCUT2D eigenvalue weighted by Gasteiger charge is -2.35. The number of hydrogen-bond acceptors (Lipinski definition) is 2. The molecule has 0 aliphatic rings. The second-order valence-corrected chi connectivity index (χ2v) is 6.17. The van der Waals surface area contributed by atoms with Gasteiger partial charge in [-0.25, -0.2) is 0 Å². The number of nitrogens with one attached hydrogen (secondary N) is 1. The van der Waals surface area contributed by atoms with E-state index in [9.17, 15) is 0 Å². The third kappa shape index (κ3) is 3.01. The molecule has 0 amide bonds. The summed E-state index contributed by atoms with van der Waals surface area (Å²) in [6.07, 6.45) is 6.16. The van der Waals surface area contributed by atoms with Gasteiger partial charge in [0.2, 0.25) is 0 Å². The standard InChI is InChI=1S/C18H26N2/c1-5-11-20-17(18(3,4)6-2)15-9-7-8-14-10-12-19-13-16(14)15/h7-10,12-13,17,20H,5-6,11H2,1-4H3. The van der Waals surface area contributed by atoms with Crippen LogP contribution >= 0.6 is 0 Å². The zero-order chi connectivity index (χ0) is 14.6. The van der Waals surface area contributed by atoms with Gasteiger partial charge in [0, 0.05) is 23.8 Å². The fourth-order valence-corrected chi connectivity index (χ4v) is 2.69. The molecule has 0 saturated carbocycles. The number of benzene rings is 1. The summed E-state index contributed by atoms with van der Waals surface area (Å²) in [4.78, 5) is 4.32. The summed E-state index contributed by atoms with van der Waals surface area (Å²) < 4.78 is 0. The minimum Gasteiger partial charge on any atom is -0.309 e. The van der Waals surface area contributed by atoms with Gasteiger partial charge in [-0.3, -0.25) is 4.98 Å². The Kier molecular flexibility index (Phi) is 4.77. The normalized spacial score (nSPS) is 13.6. The van der Waals surface area contributed by atoms with E-state index in [1.165, 1.54) is 16.3 Å². The van der Waals surface area contributed by atoms with E-state index in [-0.39, 0.29) is 5.41 Å². The molecule has 1 heterocycles. The van der Waals surface area contributed by atoms with Gasteiger partial charge in [-0.05, 0) is 41.8 Å². The van der Waals surface area contributed by atoms with Crippen molar-refractivity contribution in [1.29, 1.82) is 0 Å². The second kappa shape index (κ2) is 6.36. The van der Waals surface area contributed by atoms with E-state index in [0.717, 1.165) is 19.4 Å². The highest BCUT2D eigenvalue weighted by Gasteiger charge is 2.29. The quantitative estimate of drug-likeness (QED) is 0.822. The third-order valence-corrected chi connectivity index (χ3v) is 4.32. The third-order valence-electron chi connectivity index (χ3n) is 4.32. The van der Waals surface area contributed by atoms with E-state index >= 15 is 0 Å². The molecule has 1 unspecified atom stereocenters. The Morgan fingerprint density at radius 3 is 2.70 bits per heavy atom. The van der Waals surface area contributed by atoms with Crippen molar-refractivity contribution in [1.82, 2.24) is 10.3 Å². The average molecular weight is 270 g/mol. The van der Waals surface area contributed by atoms with E-state index in [2.05, 4.69) is 62.3 Å². The van der Waals surface area contributed by atoms with Gasteiger partial charge in [-0.1, -0.05) is 45.9 Å². The molecule has 2 aromatic rings. The molecule has 1 aromatic carbocycles. The molecule has 1 aromatic heterocycles. The average Bonchev–Trinajstić information content (AvgIpc) is 2.47. The van der Waals surface area contributed by atoms with Crippen molar-refractivity contribution >= 4 is 10.8 Å². The van der Waals surface area contributed by atoms with Crippen LogP contribution < -0.4 is 5.32 Å². The molecule has 1 atom stereocenters. The lowest BCUT2D eigenvalue weighted by molar-refractivity contribution is 0.236. The van der Waals surface area contributed by atoms with Crippen LogP contribution in [-0.4, -0.2) is 11.5 Å². The first-order valence-electron chi connectivity index (χ1n) is 7.66. The molecule has 20 heavy (non-hydrogen) atoms. The highest BCUT2D eigenvalue weighted by molar-refractivity contribution is 5.85. The fraction of sp³-hybridized carbons (Fsp3) is 0.500. The summed E-state index contributed by atoms with van der Waals surface area (Å²) in [7, 11) is 0. The van der Waals surface area contributed by atoms with E-state index in [4.69, 9.17) is 0 Å². The fourth-order valence-electron chi connectivity index (χ4n) is 2.69. The Balaban J connectivity index is 2.50. The van der Waals surface area contributed by atoms with Gasteiger partial charge in [0.25, 0.3) is 0 Å². The highest BCUT2D eigenvalue weighted by atomic mass is 14.9. The van der Waals surface area contributed by atoms with Crippen molar-refractivity contribution in [2.24, 2.45) is 5.41 Å².